The molecule has 1 atom stereocenters. The first kappa shape index (κ1) is 22.6. The summed E-state index contributed by atoms with van der Waals surface area (Å²) in [6.07, 6.45) is 1.61. The highest BCUT2D eigenvalue weighted by molar-refractivity contribution is 6.08. The fraction of sp³-hybridized carbons (Fsp3) is 0.185. The minimum absolute atomic E-state index is 0.118. The van der Waals surface area contributed by atoms with E-state index in [1.165, 1.54) is 12.0 Å². The molecule has 10 heteroatoms. The molecule has 186 valence electrons. The van der Waals surface area contributed by atoms with Gasteiger partial charge in [-0.1, -0.05) is 36.4 Å². The Labute approximate surface area is 211 Å². The van der Waals surface area contributed by atoms with Crippen LogP contribution in [0.25, 0.3) is 11.1 Å². The van der Waals surface area contributed by atoms with Crippen molar-refractivity contribution in [3.05, 3.63) is 89.3 Å². The zero-order chi connectivity index (χ0) is 25.6. The van der Waals surface area contributed by atoms with Crippen molar-refractivity contribution >= 4 is 34.6 Å². The Morgan fingerprint density at radius 3 is 2.70 bits per heavy atom. The van der Waals surface area contributed by atoms with Gasteiger partial charge in [-0.05, 0) is 35.4 Å². The average molecular weight is 498 g/mol. The third kappa shape index (κ3) is 3.83. The quantitative estimate of drug-likeness (QED) is 0.335. The van der Waals surface area contributed by atoms with Crippen LogP contribution in [0.2, 0.25) is 0 Å². The summed E-state index contributed by atoms with van der Waals surface area (Å²) in [6, 6.07) is 18.0. The first-order chi connectivity index (χ1) is 18.0. The van der Waals surface area contributed by atoms with Crippen LogP contribution >= 0.6 is 0 Å². The zero-order valence-electron chi connectivity index (χ0n) is 19.9. The lowest BCUT2D eigenvalue weighted by Crippen LogP contribution is -2.52. The van der Waals surface area contributed by atoms with Gasteiger partial charge in [-0.2, -0.15) is 0 Å². The second-order valence-electron chi connectivity index (χ2n) is 9.03. The van der Waals surface area contributed by atoms with Crippen molar-refractivity contribution in [1.29, 1.82) is 0 Å². The van der Waals surface area contributed by atoms with Gasteiger partial charge in [0.1, 0.15) is 11.5 Å². The molecule has 0 unspecified atom stereocenters. The average Bonchev–Trinajstić information content (AvgIpc) is 3.57. The van der Waals surface area contributed by atoms with E-state index in [9.17, 15) is 14.4 Å². The van der Waals surface area contributed by atoms with Crippen LogP contribution in [0.1, 0.15) is 27.2 Å². The Kier molecular flexibility index (Phi) is 5.29. The van der Waals surface area contributed by atoms with Crippen LogP contribution in [-0.2, 0) is 23.4 Å². The summed E-state index contributed by atoms with van der Waals surface area (Å²) in [5.74, 6) is -0.110. The predicted octanol–water partition coefficient (Wildman–Crippen LogP) is 3.14. The van der Waals surface area contributed by atoms with Crippen LogP contribution in [0.5, 0.6) is 5.75 Å². The normalized spacial score (nSPS) is 18.6. The topological polar surface area (TPSA) is 126 Å². The number of aromatic nitrogens is 1. The lowest BCUT2D eigenvalue weighted by atomic mass is 9.95. The third-order valence-electron chi connectivity index (χ3n) is 6.75. The number of benzene rings is 2. The van der Waals surface area contributed by atoms with Crippen molar-refractivity contribution < 1.29 is 23.5 Å². The number of anilines is 1. The summed E-state index contributed by atoms with van der Waals surface area (Å²) >= 11 is 0. The summed E-state index contributed by atoms with van der Waals surface area (Å²) in [5, 5.41) is 9.04. The predicted molar refractivity (Wildman–Crippen MR) is 134 cm³/mol. The molecule has 0 radical (unpaired) electrons. The van der Waals surface area contributed by atoms with E-state index in [2.05, 4.69) is 20.9 Å². The highest BCUT2D eigenvalue weighted by atomic mass is 16.5. The SMILES string of the molecule is COc1ccc2c(c1)C(=O)N(C[C@@]1(c3cc4c(NCc5ccccc5)ccnc4o3)NC(=O)NC1=O)C2. The molecule has 1 fully saturated rings. The molecule has 4 heterocycles. The summed E-state index contributed by atoms with van der Waals surface area (Å²) < 4.78 is 11.3. The number of imide groups is 1. The standard InChI is InChI=1S/C27H23N5O5/c1-36-18-8-7-17-14-32(24(33)19(17)11-18)15-27(25(34)30-26(35)31-27)22-12-20-21(9-10-28-23(20)37-22)29-13-16-5-3-2-4-6-16/h2-12H,13-15H2,1H3,(H,28,29)(H2,30,31,34,35)/t27-/m0/s1. The van der Waals surface area contributed by atoms with Gasteiger partial charge in [-0.25, -0.2) is 9.78 Å². The van der Waals surface area contributed by atoms with Crippen LogP contribution in [0.15, 0.2) is 71.3 Å². The molecule has 2 aliphatic rings. The number of nitrogens with one attached hydrogen (secondary N) is 3. The maximum absolute atomic E-state index is 13.2. The van der Waals surface area contributed by atoms with Gasteiger partial charge in [0.25, 0.3) is 11.8 Å². The third-order valence-corrected chi connectivity index (χ3v) is 6.75. The number of amides is 4. The van der Waals surface area contributed by atoms with E-state index in [-0.39, 0.29) is 24.8 Å². The van der Waals surface area contributed by atoms with E-state index >= 15 is 0 Å². The van der Waals surface area contributed by atoms with Crippen LogP contribution in [-0.4, -0.2) is 41.4 Å². The summed E-state index contributed by atoms with van der Waals surface area (Å²) in [4.78, 5) is 44.6. The van der Waals surface area contributed by atoms with Crippen molar-refractivity contribution in [1.82, 2.24) is 20.5 Å². The molecule has 3 N–H and O–H groups in total. The number of pyridine rings is 1. The number of ether oxygens (including phenoxy) is 1. The first-order valence-corrected chi connectivity index (χ1v) is 11.7. The monoisotopic (exact) mass is 497 g/mol. The highest BCUT2D eigenvalue weighted by Gasteiger charge is 2.53. The largest absolute Gasteiger partial charge is 0.497 e. The molecule has 10 nitrogen and oxygen atoms in total. The Morgan fingerprint density at radius 1 is 1.11 bits per heavy atom. The highest BCUT2D eigenvalue weighted by Crippen LogP contribution is 2.36. The molecular weight excluding hydrogens is 474 g/mol. The number of fused-ring (bicyclic) bond motifs is 2. The molecule has 0 saturated carbocycles. The lowest BCUT2D eigenvalue weighted by Gasteiger charge is -2.28. The smallest absolute Gasteiger partial charge is 0.322 e. The molecule has 0 bridgehead atoms. The molecule has 2 aromatic heterocycles. The second kappa shape index (κ2) is 8.66. The summed E-state index contributed by atoms with van der Waals surface area (Å²) in [6.45, 7) is 0.741. The summed E-state index contributed by atoms with van der Waals surface area (Å²) in [7, 11) is 1.53. The number of carbonyl (C=O) groups is 3. The Hall–Kier alpha value is -4.86. The molecule has 37 heavy (non-hydrogen) atoms. The Balaban J connectivity index is 1.34. The van der Waals surface area contributed by atoms with E-state index in [1.807, 2.05) is 42.5 Å². The fourth-order valence-electron chi connectivity index (χ4n) is 4.83. The number of hydrogen-bond acceptors (Lipinski definition) is 7. The van der Waals surface area contributed by atoms with Crippen molar-refractivity contribution in [2.24, 2.45) is 0 Å². The van der Waals surface area contributed by atoms with Gasteiger partial charge < -0.3 is 24.7 Å². The number of methoxy groups -OCH3 is 1. The number of urea groups is 1. The van der Waals surface area contributed by atoms with Gasteiger partial charge in [-0.15, -0.1) is 0 Å². The van der Waals surface area contributed by atoms with Crippen molar-refractivity contribution in [2.75, 3.05) is 19.0 Å². The van der Waals surface area contributed by atoms with Crippen molar-refractivity contribution in [3.63, 3.8) is 0 Å². The Morgan fingerprint density at radius 2 is 1.95 bits per heavy atom. The molecule has 0 spiro atoms. The first-order valence-electron chi connectivity index (χ1n) is 11.7. The second-order valence-corrected chi connectivity index (χ2v) is 9.03. The van der Waals surface area contributed by atoms with Crippen LogP contribution in [0.3, 0.4) is 0 Å². The molecule has 2 aromatic carbocycles. The molecule has 0 aliphatic carbocycles. The van der Waals surface area contributed by atoms with Crippen LogP contribution in [0.4, 0.5) is 10.5 Å². The maximum atomic E-state index is 13.2. The Bertz CT molecular complexity index is 1550. The van der Waals surface area contributed by atoms with E-state index in [0.29, 0.717) is 29.0 Å². The van der Waals surface area contributed by atoms with Gasteiger partial charge in [0.15, 0.2) is 5.54 Å². The van der Waals surface area contributed by atoms with Crippen LogP contribution < -0.4 is 20.7 Å². The number of furan rings is 1. The number of carbonyl (C=O) groups excluding carboxylic acids is 3. The maximum Gasteiger partial charge on any atom is 0.322 e. The van der Waals surface area contributed by atoms with Gasteiger partial charge in [0, 0.05) is 30.5 Å². The summed E-state index contributed by atoms with van der Waals surface area (Å²) in [5.41, 5.74) is 1.86. The number of hydrogen-bond donors (Lipinski definition) is 3. The van der Waals surface area contributed by atoms with Crippen molar-refractivity contribution in [2.45, 2.75) is 18.6 Å². The van der Waals surface area contributed by atoms with Gasteiger partial charge in [0.2, 0.25) is 5.71 Å². The minimum Gasteiger partial charge on any atom is -0.497 e. The lowest BCUT2D eigenvalue weighted by molar-refractivity contribution is -0.125. The van der Waals surface area contributed by atoms with Gasteiger partial charge in [0.05, 0.1) is 19.0 Å². The van der Waals surface area contributed by atoms with E-state index in [1.54, 1.807) is 24.4 Å². The molecule has 4 aromatic rings. The molecule has 6 rings (SSSR count). The van der Waals surface area contributed by atoms with E-state index < -0.39 is 17.5 Å². The molecule has 4 amide bonds. The zero-order valence-corrected chi connectivity index (χ0v) is 19.9. The minimum atomic E-state index is -1.61. The number of rotatable bonds is 7. The van der Waals surface area contributed by atoms with Gasteiger partial charge >= 0.3 is 6.03 Å². The van der Waals surface area contributed by atoms with E-state index in [4.69, 9.17) is 9.15 Å². The molecule has 2 aliphatic heterocycles. The van der Waals surface area contributed by atoms with Crippen LogP contribution in [0, 0.1) is 0 Å². The molecule has 1 saturated heterocycles. The van der Waals surface area contributed by atoms with Gasteiger partial charge in [-0.3, -0.25) is 14.9 Å². The fourth-order valence-corrected chi connectivity index (χ4v) is 4.83. The molecular formula is C27H23N5O5. The van der Waals surface area contributed by atoms with E-state index in [0.717, 1.165) is 16.8 Å². The number of nitrogens with zero attached hydrogens (tertiary/aromatic N) is 2. The van der Waals surface area contributed by atoms with Crippen molar-refractivity contribution in [3.8, 4) is 5.75 Å².